The molecule has 0 spiro atoms. The molecule has 27 heavy (non-hydrogen) atoms. The predicted molar refractivity (Wildman–Crippen MR) is 102 cm³/mol. The van der Waals surface area contributed by atoms with Crippen molar-refractivity contribution in [1.29, 1.82) is 0 Å². The molecular weight excluding hydrogens is 345 g/mol. The van der Waals surface area contributed by atoms with Gasteiger partial charge in [0.2, 0.25) is 0 Å². The Kier molecular flexibility index (Phi) is 4.16. The van der Waals surface area contributed by atoms with Crippen LogP contribution >= 0.6 is 0 Å². The van der Waals surface area contributed by atoms with E-state index < -0.39 is 0 Å². The van der Waals surface area contributed by atoms with Crippen LogP contribution in [0.3, 0.4) is 0 Å². The van der Waals surface area contributed by atoms with Gasteiger partial charge in [0.15, 0.2) is 5.65 Å². The van der Waals surface area contributed by atoms with Gasteiger partial charge in [-0.3, -0.25) is 4.90 Å². The van der Waals surface area contributed by atoms with E-state index in [2.05, 4.69) is 15.3 Å². The van der Waals surface area contributed by atoms with Gasteiger partial charge in [-0.2, -0.15) is 5.10 Å². The van der Waals surface area contributed by atoms with Crippen molar-refractivity contribution in [2.24, 2.45) is 0 Å². The van der Waals surface area contributed by atoms with Gasteiger partial charge in [0.1, 0.15) is 17.4 Å². The van der Waals surface area contributed by atoms with Gasteiger partial charge >= 0.3 is 0 Å². The van der Waals surface area contributed by atoms with Crippen LogP contribution in [0, 0.1) is 5.82 Å². The molecule has 4 bridgehead atoms. The van der Waals surface area contributed by atoms with E-state index in [1.54, 1.807) is 10.7 Å². The van der Waals surface area contributed by atoms with Crippen LogP contribution in [0.25, 0.3) is 16.8 Å². The molecule has 1 aromatic carbocycles. The molecule has 0 radical (unpaired) electrons. The van der Waals surface area contributed by atoms with Crippen molar-refractivity contribution < 1.29 is 9.13 Å². The monoisotopic (exact) mass is 367 g/mol. The molecule has 4 heterocycles. The maximum atomic E-state index is 14.2. The van der Waals surface area contributed by atoms with E-state index in [1.807, 2.05) is 18.3 Å². The Hall–Kier alpha value is -2.67. The Morgan fingerprint density at radius 3 is 3.07 bits per heavy atom. The third kappa shape index (κ3) is 3.23. The van der Waals surface area contributed by atoms with Crippen LogP contribution in [0.5, 0.6) is 5.75 Å². The zero-order valence-corrected chi connectivity index (χ0v) is 15.1. The van der Waals surface area contributed by atoms with Crippen LogP contribution in [0.4, 0.5) is 10.2 Å². The minimum Gasteiger partial charge on any atom is -0.493 e. The Labute approximate surface area is 157 Å². The first-order valence-electron chi connectivity index (χ1n) is 9.52. The highest BCUT2D eigenvalue weighted by molar-refractivity contribution is 5.78. The standard InChI is InChI=1S/C20H22FN5O/c21-15-9-14-10-17(11-15)27-8-2-6-25-5-1-3-16(25)12-22-19-4-7-26-20(24-19)18(14)13-23-26/h4,7,9-11,13,16H,1-3,5-6,8,12H2,(H,22,24)/t16-/m0/s1. The zero-order valence-electron chi connectivity index (χ0n) is 15.1. The second-order valence-electron chi connectivity index (χ2n) is 7.23. The lowest BCUT2D eigenvalue weighted by atomic mass is 10.1. The molecule has 3 aromatic rings. The number of hydrogen-bond donors (Lipinski definition) is 1. The summed E-state index contributed by atoms with van der Waals surface area (Å²) in [6.45, 7) is 3.56. The van der Waals surface area contributed by atoms with Gasteiger partial charge in [-0.15, -0.1) is 0 Å². The molecule has 5 rings (SSSR count). The third-order valence-electron chi connectivity index (χ3n) is 5.43. The van der Waals surface area contributed by atoms with Crippen molar-refractivity contribution in [3.63, 3.8) is 0 Å². The van der Waals surface area contributed by atoms with Crippen LogP contribution in [0.2, 0.25) is 0 Å². The summed E-state index contributed by atoms with van der Waals surface area (Å²) in [6.07, 6.45) is 6.95. The number of benzene rings is 1. The highest BCUT2D eigenvalue weighted by Gasteiger charge is 2.24. The molecule has 0 saturated carbocycles. The summed E-state index contributed by atoms with van der Waals surface area (Å²) in [5.74, 6) is 1.05. The molecule has 6 nitrogen and oxygen atoms in total. The molecule has 1 atom stereocenters. The van der Waals surface area contributed by atoms with E-state index in [1.165, 1.54) is 25.0 Å². The quantitative estimate of drug-likeness (QED) is 0.661. The Balaban J connectivity index is 1.57. The summed E-state index contributed by atoms with van der Waals surface area (Å²) >= 11 is 0. The Morgan fingerprint density at radius 1 is 1.19 bits per heavy atom. The first-order chi connectivity index (χ1) is 13.3. The minimum absolute atomic E-state index is 0.319. The lowest BCUT2D eigenvalue weighted by molar-refractivity contribution is 0.226. The average Bonchev–Trinajstić information content (AvgIpc) is 3.28. The molecule has 2 aliphatic heterocycles. The fourth-order valence-electron chi connectivity index (χ4n) is 4.07. The van der Waals surface area contributed by atoms with Crippen LogP contribution < -0.4 is 10.1 Å². The van der Waals surface area contributed by atoms with Crippen molar-refractivity contribution in [2.45, 2.75) is 25.3 Å². The highest BCUT2D eigenvalue weighted by atomic mass is 19.1. The van der Waals surface area contributed by atoms with Gasteiger partial charge in [0.25, 0.3) is 0 Å². The van der Waals surface area contributed by atoms with Gasteiger partial charge < -0.3 is 10.1 Å². The summed E-state index contributed by atoms with van der Waals surface area (Å²) in [5, 5.41) is 7.84. The number of halogens is 1. The molecule has 7 heteroatoms. The molecule has 0 unspecified atom stereocenters. The summed E-state index contributed by atoms with van der Waals surface area (Å²) in [6, 6.07) is 7.24. The van der Waals surface area contributed by atoms with Gasteiger partial charge in [0, 0.05) is 37.0 Å². The average molecular weight is 367 g/mol. The number of ether oxygens (including phenoxy) is 1. The van der Waals surface area contributed by atoms with E-state index in [9.17, 15) is 4.39 Å². The summed E-state index contributed by atoms with van der Waals surface area (Å²) in [5.41, 5.74) is 2.22. The molecule has 140 valence electrons. The van der Waals surface area contributed by atoms with E-state index in [4.69, 9.17) is 9.72 Å². The minimum atomic E-state index is -0.319. The number of rotatable bonds is 0. The molecular formula is C20H22FN5O. The second-order valence-corrected chi connectivity index (χ2v) is 7.23. The number of fused-ring (bicyclic) bond motifs is 5. The number of nitrogens with one attached hydrogen (secondary N) is 1. The van der Waals surface area contributed by atoms with Crippen molar-refractivity contribution in [2.75, 3.05) is 31.6 Å². The molecule has 1 saturated heterocycles. The fraction of sp³-hybridized carbons (Fsp3) is 0.400. The smallest absolute Gasteiger partial charge is 0.165 e. The highest BCUT2D eigenvalue weighted by Crippen LogP contribution is 2.29. The SMILES string of the molecule is Fc1cc2cc(c1)-c1cnn3ccc(nc13)NC[C@@H]1CCCN1CCCO2. The first-order valence-corrected chi connectivity index (χ1v) is 9.52. The molecule has 1 fully saturated rings. The maximum absolute atomic E-state index is 14.2. The summed E-state index contributed by atoms with van der Waals surface area (Å²) < 4.78 is 21.7. The molecule has 2 aliphatic rings. The molecule has 0 aliphatic carbocycles. The van der Waals surface area contributed by atoms with Crippen LogP contribution in [-0.2, 0) is 0 Å². The van der Waals surface area contributed by atoms with Crippen molar-refractivity contribution in [3.8, 4) is 16.9 Å². The van der Waals surface area contributed by atoms with E-state index in [-0.39, 0.29) is 5.82 Å². The first kappa shape index (κ1) is 16.5. The van der Waals surface area contributed by atoms with Crippen LogP contribution in [0.1, 0.15) is 19.3 Å². The number of hydrogen-bond acceptors (Lipinski definition) is 5. The third-order valence-corrected chi connectivity index (χ3v) is 5.43. The Bertz CT molecular complexity index is 972. The maximum Gasteiger partial charge on any atom is 0.165 e. The molecule has 0 amide bonds. The predicted octanol–water partition coefficient (Wildman–Crippen LogP) is 3.19. The van der Waals surface area contributed by atoms with Gasteiger partial charge in [0.05, 0.1) is 12.8 Å². The van der Waals surface area contributed by atoms with E-state index in [0.717, 1.165) is 43.0 Å². The van der Waals surface area contributed by atoms with Crippen LogP contribution in [0.15, 0.2) is 36.7 Å². The van der Waals surface area contributed by atoms with Gasteiger partial charge in [-0.05, 0) is 49.6 Å². The summed E-state index contributed by atoms with van der Waals surface area (Å²) in [7, 11) is 0. The van der Waals surface area contributed by atoms with E-state index >= 15 is 0 Å². The second kappa shape index (κ2) is 6.81. The van der Waals surface area contributed by atoms with Crippen molar-refractivity contribution in [1.82, 2.24) is 19.5 Å². The number of aromatic nitrogens is 3. The van der Waals surface area contributed by atoms with Crippen molar-refractivity contribution in [3.05, 3.63) is 42.5 Å². The summed E-state index contributed by atoms with van der Waals surface area (Å²) in [4.78, 5) is 7.24. The number of anilines is 1. The number of nitrogens with zero attached hydrogens (tertiary/aromatic N) is 4. The molecule has 1 N–H and O–H groups in total. The largest absolute Gasteiger partial charge is 0.493 e. The van der Waals surface area contributed by atoms with E-state index in [0.29, 0.717) is 24.0 Å². The van der Waals surface area contributed by atoms with Gasteiger partial charge in [-0.25, -0.2) is 13.9 Å². The lowest BCUT2D eigenvalue weighted by Crippen LogP contribution is -2.36. The fourth-order valence-corrected chi connectivity index (χ4v) is 4.07. The molecule has 2 aromatic heterocycles. The van der Waals surface area contributed by atoms with Crippen LogP contribution in [-0.4, -0.2) is 51.8 Å². The Morgan fingerprint density at radius 2 is 2.11 bits per heavy atom. The van der Waals surface area contributed by atoms with Gasteiger partial charge in [-0.1, -0.05) is 0 Å². The topological polar surface area (TPSA) is 54.7 Å². The lowest BCUT2D eigenvalue weighted by Gasteiger charge is -2.24. The van der Waals surface area contributed by atoms with Crippen molar-refractivity contribution >= 4 is 11.5 Å². The zero-order chi connectivity index (χ0) is 18.2. The normalized spacial score (nSPS) is 20.6.